The molecule has 1 aromatic carbocycles. The Labute approximate surface area is 117 Å². The second-order valence-electron chi connectivity index (χ2n) is 4.37. The fourth-order valence-electron chi connectivity index (χ4n) is 2.16. The maximum Gasteiger partial charge on any atom is 0.432 e. The predicted molar refractivity (Wildman–Crippen MR) is 67.6 cm³/mol. The summed E-state index contributed by atoms with van der Waals surface area (Å²) < 4.78 is 38.7. The highest BCUT2D eigenvalue weighted by Gasteiger charge is 2.39. The van der Waals surface area contributed by atoms with Crippen LogP contribution in [0.15, 0.2) is 24.3 Å². The van der Waals surface area contributed by atoms with E-state index in [0.29, 0.717) is 0 Å². The van der Waals surface area contributed by atoms with Crippen molar-refractivity contribution < 1.29 is 23.1 Å². The summed E-state index contributed by atoms with van der Waals surface area (Å²) >= 11 is 0. The third-order valence-corrected chi connectivity index (χ3v) is 2.97. The molecule has 0 bridgehead atoms. The number of aromatic amines is 1. The van der Waals surface area contributed by atoms with Gasteiger partial charge in [0.25, 0.3) is 0 Å². The summed E-state index contributed by atoms with van der Waals surface area (Å²) in [5, 5.41) is 18.0. The number of benzene rings is 1. The highest BCUT2D eigenvalue weighted by Crippen LogP contribution is 2.38. The molecule has 2 N–H and O–H groups in total. The number of hydrogen-bond acceptors (Lipinski definition) is 2. The molecular weight excluding hydrogens is 285 g/mol. The van der Waals surface area contributed by atoms with Crippen molar-refractivity contribution in [3.8, 4) is 17.2 Å². The van der Waals surface area contributed by atoms with E-state index < -0.39 is 23.4 Å². The third-order valence-electron chi connectivity index (χ3n) is 2.97. The summed E-state index contributed by atoms with van der Waals surface area (Å²) in [4.78, 5) is 13.3. The Morgan fingerprint density at radius 2 is 2.05 bits per heavy atom. The lowest BCUT2D eigenvalue weighted by Crippen LogP contribution is -2.12. The normalized spacial score (nSPS) is 11.2. The number of aryl methyl sites for hydroxylation is 1. The highest BCUT2D eigenvalue weighted by molar-refractivity contribution is 5.98. The van der Waals surface area contributed by atoms with Crippen molar-refractivity contribution in [2.75, 3.05) is 0 Å². The van der Waals surface area contributed by atoms with Gasteiger partial charge in [-0.3, -0.25) is 0 Å². The molecule has 7 heteroatoms. The lowest BCUT2D eigenvalue weighted by atomic mass is 9.98. The van der Waals surface area contributed by atoms with Gasteiger partial charge in [-0.15, -0.1) is 0 Å². The van der Waals surface area contributed by atoms with Crippen LogP contribution in [0.25, 0.3) is 11.1 Å². The van der Waals surface area contributed by atoms with Crippen molar-refractivity contribution in [3.63, 3.8) is 0 Å². The van der Waals surface area contributed by atoms with Crippen molar-refractivity contribution in [2.24, 2.45) is 0 Å². The van der Waals surface area contributed by atoms with Gasteiger partial charge in [0.1, 0.15) is 5.69 Å². The summed E-state index contributed by atoms with van der Waals surface area (Å²) in [6.07, 6.45) is -4.80. The molecule has 0 spiro atoms. The van der Waals surface area contributed by atoms with Crippen LogP contribution in [0, 0.1) is 18.3 Å². The Kier molecular flexibility index (Phi) is 3.47. The van der Waals surface area contributed by atoms with E-state index >= 15 is 0 Å². The molecule has 21 heavy (non-hydrogen) atoms. The van der Waals surface area contributed by atoms with E-state index in [1.807, 2.05) is 6.07 Å². The molecule has 0 unspecified atom stereocenters. The lowest BCUT2D eigenvalue weighted by Gasteiger charge is -2.07. The van der Waals surface area contributed by atoms with Crippen molar-refractivity contribution >= 4 is 5.97 Å². The highest BCUT2D eigenvalue weighted by atomic mass is 19.4. The number of halogens is 3. The van der Waals surface area contributed by atoms with E-state index in [-0.39, 0.29) is 22.4 Å². The van der Waals surface area contributed by atoms with E-state index in [0.717, 1.165) is 0 Å². The van der Waals surface area contributed by atoms with E-state index in [4.69, 9.17) is 10.4 Å². The minimum atomic E-state index is -4.80. The fourth-order valence-corrected chi connectivity index (χ4v) is 2.16. The largest absolute Gasteiger partial charge is 0.478 e. The van der Waals surface area contributed by atoms with Crippen LogP contribution in [-0.2, 0) is 6.18 Å². The van der Waals surface area contributed by atoms with Gasteiger partial charge in [-0.1, -0.05) is 12.1 Å². The number of nitrogens with one attached hydrogen (secondary N) is 1. The molecule has 4 nitrogen and oxygen atoms in total. The Bertz CT molecular complexity index is 755. The molecule has 0 saturated heterocycles. The molecule has 1 aromatic heterocycles. The number of carboxylic acid groups (broad SMARTS) is 1. The molecule has 0 atom stereocenters. The molecule has 108 valence electrons. The minimum absolute atomic E-state index is 0.0630. The smallest absolute Gasteiger partial charge is 0.432 e. The van der Waals surface area contributed by atoms with Gasteiger partial charge >= 0.3 is 12.1 Å². The van der Waals surface area contributed by atoms with E-state index in [1.54, 1.807) is 0 Å². The first kappa shape index (κ1) is 14.7. The number of carboxylic acids is 1. The van der Waals surface area contributed by atoms with Crippen molar-refractivity contribution in [3.05, 3.63) is 46.8 Å². The summed E-state index contributed by atoms with van der Waals surface area (Å²) in [6, 6.07) is 7.64. The Morgan fingerprint density at radius 3 is 2.57 bits per heavy atom. The number of carbonyl (C=O) groups is 1. The molecule has 0 fully saturated rings. The summed E-state index contributed by atoms with van der Waals surface area (Å²) in [6.45, 7) is 1.36. The minimum Gasteiger partial charge on any atom is -0.478 e. The first-order valence-corrected chi connectivity index (χ1v) is 5.79. The van der Waals surface area contributed by atoms with Gasteiger partial charge in [0.2, 0.25) is 0 Å². The van der Waals surface area contributed by atoms with Crippen LogP contribution in [0.3, 0.4) is 0 Å². The third kappa shape index (κ3) is 2.60. The van der Waals surface area contributed by atoms with Crippen molar-refractivity contribution in [1.29, 1.82) is 5.26 Å². The van der Waals surface area contributed by atoms with Crippen molar-refractivity contribution in [2.45, 2.75) is 13.1 Å². The molecule has 0 aliphatic rings. The van der Waals surface area contributed by atoms with Crippen LogP contribution in [0.1, 0.15) is 27.3 Å². The van der Waals surface area contributed by atoms with Gasteiger partial charge in [0, 0.05) is 11.3 Å². The van der Waals surface area contributed by atoms with Crippen molar-refractivity contribution in [1.82, 2.24) is 4.98 Å². The molecule has 0 aliphatic carbocycles. The van der Waals surface area contributed by atoms with Gasteiger partial charge in [-0.05, 0) is 24.6 Å². The predicted octanol–water partition coefficient (Wildman–Crippen LogP) is 3.58. The number of nitrogens with zero attached hydrogens (tertiary/aromatic N) is 1. The van der Waals surface area contributed by atoms with Gasteiger partial charge in [-0.25, -0.2) is 4.79 Å². The van der Waals surface area contributed by atoms with Crippen LogP contribution < -0.4 is 0 Å². The maximum absolute atomic E-state index is 12.9. The average Bonchev–Trinajstić information content (AvgIpc) is 2.76. The van der Waals surface area contributed by atoms with Crippen LogP contribution in [-0.4, -0.2) is 16.1 Å². The average molecular weight is 294 g/mol. The molecule has 0 amide bonds. The molecule has 0 aliphatic heterocycles. The quantitative estimate of drug-likeness (QED) is 0.888. The Morgan fingerprint density at radius 1 is 1.38 bits per heavy atom. The lowest BCUT2D eigenvalue weighted by molar-refractivity contribution is -0.141. The SMILES string of the molecule is Cc1[nH]c(C(F)(F)F)c(C(=O)O)c1-c1cccc(C#N)c1. The van der Waals surface area contributed by atoms with E-state index in [1.165, 1.54) is 31.2 Å². The Balaban J connectivity index is 2.77. The number of aromatic carboxylic acids is 1. The second kappa shape index (κ2) is 4.98. The number of hydrogen-bond donors (Lipinski definition) is 2. The topological polar surface area (TPSA) is 76.9 Å². The number of rotatable bonds is 2. The monoisotopic (exact) mass is 294 g/mol. The second-order valence-corrected chi connectivity index (χ2v) is 4.37. The van der Waals surface area contributed by atoms with Gasteiger partial charge in [0.15, 0.2) is 0 Å². The first-order valence-electron chi connectivity index (χ1n) is 5.79. The van der Waals surface area contributed by atoms with Crippen LogP contribution in [0.4, 0.5) is 13.2 Å². The van der Waals surface area contributed by atoms with Crippen LogP contribution >= 0.6 is 0 Å². The number of nitriles is 1. The molecular formula is C14H9F3N2O2. The molecule has 0 radical (unpaired) electrons. The standard InChI is InChI=1S/C14H9F3N2O2/c1-7-10(9-4-2-3-8(5-9)6-18)11(13(20)21)12(19-7)14(15,16)17/h2-5,19H,1H3,(H,20,21). The van der Waals surface area contributed by atoms with E-state index in [2.05, 4.69) is 4.98 Å². The number of aromatic nitrogens is 1. The Hall–Kier alpha value is -2.75. The molecule has 2 aromatic rings. The van der Waals surface area contributed by atoms with Gasteiger partial charge < -0.3 is 10.1 Å². The zero-order chi connectivity index (χ0) is 15.8. The zero-order valence-electron chi connectivity index (χ0n) is 10.7. The number of H-pyrrole nitrogens is 1. The van der Waals surface area contributed by atoms with E-state index in [9.17, 15) is 18.0 Å². The summed E-state index contributed by atoms with van der Waals surface area (Å²) in [5.74, 6) is -1.68. The van der Waals surface area contributed by atoms with Crippen LogP contribution in [0.5, 0.6) is 0 Å². The zero-order valence-corrected chi connectivity index (χ0v) is 10.7. The van der Waals surface area contributed by atoms with Gasteiger partial charge in [-0.2, -0.15) is 18.4 Å². The summed E-state index contributed by atoms with van der Waals surface area (Å²) in [7, 11) is 0. The molecule has 0 saturated carbocycles. The fraction of sp³-hybridized carbons (Fsp3) is 0.143. The molecule has 1 heterocycles. The first-order chi connectivity index (χ1) is 9.75. The van der Waals surface area contributed by atoms with Crippen LogP contribution in [0.2, 0.25) is 0 Å². The van der Waals surface area contributed by atoms with Gasteiger partial charge in [0.05, 0.1) is 17.2 Å². The number of alkyl halides is 3. The molecule has 2 rings (SSSR count). The maximum atomic E-state index is 12.9. The summed E-state index contributed by atoms with van der Waals surface area (Å²) in [5.41, 5.74) is -1.64.